The van der Waals surface area contributed by atoms with Gasteiger partial charge in [-0.15, -0.1) is 0 Å². The van der Waals surface area contributed by atoms with Crippen LogP contribution in [0.1, 0.15) is 52.9 Å². The normalized spacial score (nSPS) is 50.6. The third kappa shape index (κ3) is 2.13. The Morgan fingerprint density at radius 3 is 2.71 bits per heavy atom. The van der Waals surface area contributed by atoms with E-state index in [0.29, 0.717) is 13.0 Å². The second kappa shape index (κ2) is 6.23. The topological polar surface area (TPSA) is 119 Å². The molecule has 9 atom stereocenters. The molecule has 4 heterocycles. The third-order valence-electron chi connectivity index (χ3n) is 10.1. The molecule has 0 bridgehead atoms. The van der Waals surface area contributed by atoms with Gasteiger partial charge in [0.25, 0.3) is 0 Å². The number of ether oxygens (including phenoxy) is 5. The quantitative estimate of drug-likeness (QED) is 0.467. The van der Waals surface area contributed by atoms with E-state index in [1.807, 2.05) is 0 Å². The van der Waals surface area contributed by atoms with Gasteiger partial charge in [0.15, 0.2) is 11.7 Å². The number of nitrogens with one attached hydrogen (secondary N) is 1. The summed E-state index contributed by atoms with van der Waals surface area (Å²) in [5.41, 5.74) is -0.372. The summed E-state index contributed by atoms with van der Waals surface area (Å²) in [6, 6.07) is 0. The number of hydrogen-bond acceptors (Lipinski definition) is 8. The minimum atomic E-state index is -0.760. The maximum atomic E-state index is 12.9. The summed E-state index contributed by atoms with van der Waals surface area (Å²) in [7, 11) is 1.55. The zero-order valence-corrected chi connectivity index (χ0v) is 20.0. The first kappa shape index (κ1) is 21.3. The van der Waals surface area contributed by atoms with Gasteiger partial charge < -0.3 is 29.0 Å². The maximum absolute atomic E-state index is 12.9. The number of carbonyl (C=O) groups is 3. The van der Waals surface area contributed by atoms with E-state index < -0.39 is 28.9 Å². The molecule has 0 aromatic rings. The van der Waals surface area contributed by atoms with Gasteiger partial charge in [0.1, 0.15) is 30.0 Å². The molecule has 0 unspecified atom stereocenters. The summed E-state index contributed by atoms with van der Waals surface area (Å²) in [5.74, 6) is -0.581. The number of hydrogen-bond donors (Lipinski definition) is 1. The summed E-state index contributed by atoms with van der Waals surface area (Å²) in [4.78, 5) is 36.9. The molecule has 2 saturated carbocycles. The molecule has 3 aliphatic carbocycles. The van der Waals surface area contributed by atoms with Gasteiger partial charge >= 0.3 is 11.9 Å². The van der Waals surface area contributed by atoms with Gasteiger partial charge in [-0.2, -0.15) is 0 Å². The summed E-state index contributed by atoms with van der Waals surface area (Å²) in [6.45, 7) is 6.77. The largest absolute Gasteiger partial charge is 0.458 e. The van der Waals surface area contributed by atoms with Crippen LogP contribution in [0.4, 0.5) is 0 Å². The lowest BCUT2D eigenvalue weighted by molar-refractivity contribution is -0.169. The van der Waals surface area contributed by atoms with Crippen LogP contribution in [0.15, 0.2) is 11.1 Å². The summed E-state index contributed by atoms with van der Waals surface area (Å²) in [6.07, 6.45) is 1.26. The summed E-state index contributed by atoms with van der Waals surface area (Å²) >= 11 is 0. The monoisotopic (exact) mass is 473 g/mol. The SMILES string of the molecule is CNC(=O)CCC(=O)O[C@@H]1[C@@]2(C(C)C)O[C@H]2[C@@H]2O[C@]23[C@]12O[C@H]2C[C@H]1C2=C(CC[C@@]13C)C(=O)OC2. The van der Waals surface area contributed by atoms with Gasteiger partial charge in [0.2, 0.25) is 5.91 Å². The van der Waals surface area contributed by atoms with E-state index in [-0.39, 0.29) is 60.3 Å². The number of fused-ring (bicyclic) bond motifs is 4. The molecule has 0 aromatic heterocycles. The molecule has 0 radical (unpaired) electrons. The van der Waals surface area contributed by atoms with Crippen molar-refractivity contribution >= 4 is 17.8 Å². The van der Waals surface area contributed by atoms with E-state index in [4.69, 9.17) is 23.7 Å². The molecule has 5 fully saturated rings. The van der Waals surface area contributed by atoms with Crippen LogP contribution >= 0.6 is 0 Å². The fraction of sp³-hybridized carbons (Fsp3) is 0.800. The Balaban J connectivity index is 1.27. The standard InChI is InChI=1S/C25H31NO8/c1-11(2)23-18(33-23)19-25(34-19)22(3)8-7-12-13(10-30-20(12)29)14(22)9-15-24(25,32-15)21(23)31-17(28)6-5-16(27)26-4/h11,14-15,18-19,21H,5-10H2,1-4H3,(H,26,27)/t14-,15-,18-,19-,21+,22-,23-,24+,25+/m0/s1. The third-order valence-corrected chi connectivity index (χ3v) is 10.1. The van der Waals surface area contributed by atoms with Gasteiger partial charge in [0.05, 0.1) is 12.5 Å². The minimum absolute atomic E-state index is 0.00262. The Bertz CT molecular complexity index is 1070. The van der Waals surface area contributed by atoms with E-state index in [1.54, 1.807) is 7.05 Å². The Hall–Kier alpha value is -1.97. The van der Waals surface area contributed by atoms with E-state index in [2.05, 4.69) is 26.1 Å². The Labute approximate surface area is 197 Å². The number of carbonyl (C=O) groups excluding carboxylic acids is 3. The van der Waals surface area contributed by atoms with E-state index in [1.165, 1.54) is 0 Å². The molecule has 4 aliphatic heterocycles. The van der Waals surface area contributed by atoms with E-state index in [0.717, 1.165) is 24.0 Å². The Kier molecular flexibility index (Phi) is 3.91. The Morgan fingerprint density at radius 2 is 1.97 bits per heavy atom. The number of rotatable bonds is 5. The number of amides is 1. The van der Waals surface area contributed by atoms with Crippen LogP contribution in [-0.2, 0) is 38.1 Å². The van der Waals surface area contributed by atoms with Crippen LogP contribution in [-0.4, -0.2) is 72.7 Å². The highest BCUT2D eigenvalue weighted by molar-refractivity contribution is 5.92. The molecule has 7 rings (SSSR count). The van der Waals surface area contributed by atoms with Crippen LogP contribution in [0.2, 0.25) is 0 Å². The van der Waals surface area contributed by atoms with Crippen LogP contribution in [0.25, 0.3) is 0 Å². The summed E-state index contributed by atoms with van der Waals surface area (Å²) in [5, 5.41) is 2.54. The second-order valence-electron chi connectivity index (χ2n) is 11.5. The van der Waals surface area contributed by atoms with Crippen molar-refractivity contribution in [1.29, 1.82) is 0 Å². The van der Waals surface area contributed by atoms with E-state index >= 15 is 0 Å². The lowest BCUT2D eigenvalue weighted by Gasteiger charge is -2.53. The van der Waals surface area contributed by atoms with Crippen molar-refractivity contribution in [2.75, 3.05) is 13.7 Å². The predicted molar refractivity (Wildman–Crippen MR) is 114 cm³/mol. The molecule has 34 heavy (non-hydrogen) atoms. The molecule has 0 aromatic carbocycles. The van der Waals surface area contributed by atoms with Gasteiger partial charge in [-0.1, -0.05) is 20.8 Å². The zero-order chi connectivity index (χ0) is 23.8. The molecule has 9 heteroatoms. The first-order chi connectivity index (χ1) is 16.2. The highest BCUT2D eigenvalue weighted by Crippen LogP contribution is 2.83. The van der Waals surface area contributed by atoms with Gasteiger partial charge in [-0.25, -0.2) is 4.79 Å². The molecule has 2 spiro atoms. The molecular weight excluding hydrogens is 442 g/mol. The Morgan fingerprint density at radius 1 is 1.18 bits per heavy atom. The minimum Gasteiger partial charge on any atom is -0.458 e. The van der Waals surface area contributed by atoms with Crippen molar-refractivity contribution in [2.45, 2.75) is 94.1 Å². The lowest BCUT2D eigenvalue weighted by atomic mass is 9.46. The lowest BCUT2D eigenvalue weighted by Crippen LogP contribution is -2.70. The van der Waals surface area contributed by atoms with Crippen molar-refractivity contribution in [3.8, 4) is 0 Å². The first-order valence-corrected chi connectivity index (χ1v) is 12.5. The fourth-order valence-electron chi connectivity index (χ4n) is 8.37. The molecule has 1 amide bonds. The van der Waals surface area contributed by atoms with Crippen LogP contribution in [0, 0.1) is 17.3 Å². The van der Waals surface area contributed by atoms with Gasteiger partial charge in [-0.3, -0.25) is 9.59 Å². The maximum Gasteiger partial charge on any atom is 0.334 e. The first-order valence-electron chi connectivity index (χ1n) is 12.5. The van der Waals surface area contributed by atoms with Crippen molar-refractivity contribution in [1.82, 2.24) is 5.32 Å². The second-order valence-corrected chi connectivity index (χ2v) is 11.5. The highest BCUT2D eigenvalue weighted by Gasteiger charge is 3.01. The molecular formula is C25H31NO8. The average molecular weight is 474 g/mol. The van der Waals surface area contributed by atoms with Crippen molar-refractivity contribution in [2.24, 2.45) is 17.3 Å². The average Bonchev–Trinajstić information content (AvgIpc) is 3.70. The van der Waals surface area contributed by atoms with E-state index in [9.17, 15) is 14.4 Å². The highest BCUT2D eigenvalue weighted by atomic mass is 16.8. The molecule has 7 aliphatic rings. The molecule has 184 valence electrons. The number of esters is 2. The van der Waals surface area contributed by atoms with Crippen LogP contribution in [0.5, 0.6) is 0 Å². The molecule has 1 N–H and O–H groups in total. The zero-order valence-electron chi connectivity index (χ0n) is 20.0. The fourth-order valence-corrected chi connectivity index (χ4v) is 8.37. The molecule has 9 nitrogen and oxygen atoms in total. The van der Waals surface area contributed by atoms with Crippen LogP contribution in [0.3, 0.4) is 0 Å². The smallest absolute Gasteiger partial charge is 0.334 e. The van der Waals surface area contributed by atoms with Crippen molar-refractivity contribution < 1.29 is 38.1 Å². The van der Waals surface area contributed by atoms with Gasteiger partial charge in [-0.05, 0) is 36.7 Å². The number of cyclic esters (lactones) is 1. The van der Waals surface area contributed by atoms with Crippen molar-refractivity contribution in [3.05, 3.63) is 11.1 Å². The summed E-state index contributed by atoms with van der Waals surface area (Å²) < 4.78 is 31.2. The van der Waals surface area contributed by atoms with Crippen molar-refractivity contribution in [3.63, 3.8) is 0 Å². The predicted octanol–water partition coefficient (Wildman–Crippen LogP) is 1.18. The van der Waals surface area contributed by atoms with Gasteiger partial charge in [0, 0.05) is 24.5 Å². The number of epoxide rings is 3. The molecule has 3 saturated heterocycles. The van der Waals surface area contributed by atoms with Crippen LogP contribution < -0.4 is 5.32 Å².